The summed E-state index contributed by atoms with van der Waals surface area (Å²) in [5.74, 6) is -1.22. The van der Waals surface area contributed by atoms with Gasteiger partial charge in [0.05, 0.1) is 5.69 Å². The maximum absolute atomic E-state index is 13.5. The predicted molar refractivity (Wildman–Crippen MR) is 76.9 cm³/mol. The minimum absolute atomic E-state index is 0.125. The lowest BCUT2D eigenvalue weighted by molar-refractivity contribution is 0.588. The van der Waals surface area contributed by atoms with Crippen LogP contribution in [0.4, 0.5) is 14.5 Å². The van der Waals surface area contributed by atoms with Gasteiger partial charge in [-0.3, -0.25) is 4.68 Å². The van der Waals surface area contributed by atoms with Crippen LogP contribution in [0.3, 0.4) is 0 Å². The standard InChI is InChI=1S/C15H14F2N4/c1-9-11-6-10(8-19-15(11)21(2)20-9)7-18-14-12(16)4-3-5-13(14)17/h3-6,8,18H,7H2,1-2H3. The summed E-state index contributed by atoms with van der Waals surface area (Å²) in [4.78, 5) is 4.33. The molecule has 2 heterocycles. The molecule has 0 aliphatic heterocycles. The van der Waals surface area contributed by atoms with E-state index in [2.05, 4.69) is 15.4 Å². The Hall–Kier alpha value is -2.50. The second kappa shape index (κ2) is 5.12. The smallest absolute Gasteiger partial charge is 0.157 e. The van der Waals surface area contributed by atoms with Crippen LogP contribution in [0, 0.1) is 18.6 Å². The zero-order valence-corrected chi connectivity index (χ0v) is 11.7. The van der Waals surface area contributed by atoms with Crippen molar-refractivity contribution in [3.8, 4) is 0 Å². The molecule has 1 aromatic carbocycles. The molecule has 1 N–H and O–H groups in total. The van der Waals surface area contributed by atoms with Crippen LogP contribution in [0.15, 0.2) is 30.5 Å². The van der Waals surface area contributed by atoms with Crippen molar-refractivity contribution < 1.29 is 8.78 Å². The Morgan fingerprint density at radius 1 is 1.24 bits per heavy atom. The molecule has 0 aliphatic carbocycles. The van der Waals surface area contributed by atoms with E-state index >= 15 is 0 Å². The Morgan fingerprint density at radius 3 is 2.67 bits per heavy atom. The fourth-order valence-corrected chi connectivity index (χ4v) is 2.30. The second-order valence-corrected chi connectivity index (χ2v) is 4.87. The Labute approximate surface area is 120 Å². The van der Waals surface area contributed by atoms with Gasteiger partial charge in [0.25, 0.3) is 0 Å². The summed E-state index contributed by atoms with van der Waals surface area (Å²) in [6, 6.07) is 5.70. The van der Waals surface area contributed by atoms with Crippen LogP contribution >= 0.6 is 0 Å². The van der Waals surface area contributed by atoms with Gasteiger partial charge in [0.2, 0.25) is 0 Å². The number of aryl methyl sites for hydroxylation is 2. The molecule has 6 heteroatoms. The van der Waals surface area contributed by atoms with Crippen molar-refractivity contribution in [3.63, 3.8) is 0 Å². The van der Waals surface area contributed by atoms with Gasteiger partial charge in [-0.15, -0.1) is 0 Å². The van der Waals surface area contributed by atoms with E-state index in [1.54, 1.807) is 10.9 Å². The number of aromatic nitrogens is 3. The molecular formula is C15H14F2N4. The van der Waals surface area contributed by atoms with E-state index in [9.17, 15) is 8.78 Å². The quantitative estimate of drug-likeness (QED) is 0.805. The van der Waals surface area contributed by atoms with Crippen LogP contribution in [-0.2, 0) is 13.6 Å². The van der Waals surface area contributed by atoms with E-state index < -0.39 is 11.6 Å². The number of para-hydroxylation sites is 1. The zero-order valence-electron chi connectivity index (χ0n) is 11.7. The van der Waals surface area contributed by atoms with Crippen molar-refractivity contribution in [2.45, 2.75) is 13.5 Å². The highest BCUT2D eigenvalue weighted by Gasteiger charge is 2.10. The molecule has 3 rings (SSSR count). The summed E-state index contributed by atoms with van der Waals surface area (Å²) in [6.45, 7) is 2.19. The molecule has 0 amide bonds. The van der Waals surface area contributed by atoms with E-state index in [4.69, 9.17) is 0 Å². The molecule has 3 aromatic rings. The van der Waals surface area contributed by atoms with Gasteiger partial charge >= 0.3 is 0 Å². The van der Waals surface area contributed by atoms with Gasteiger partial charge in [-0.05, 0) is 30.7 Å². The molecule has 0 atom stereocenters. The molecule has 0 saturated heterocycles. The number of nitrogens with one attached hydrogen (secondary N) is 1. The van der Waals surface area contributed by atoms with Crippen molar-refractivity contribution in [3.05, 3.63) is 53.4 Å². The van der Waals surface area contributed by atoms with Crippen LogP contribution in [0.1, 0.15) is 11.3 Å². The lowest BCUT2D eigenvalue weighted by Gasteiger charge is -2.08. The van der Waals surface area contributed by atoms with Gasteiger partial charge in [-0.2, -0.15) is 5.10 Å². The van der Waals surface area contributed by atoms with E-state index in [0.29, 0.717) is 0 Å². The topological polar surface area (TPSA) is 42.7 Å². The Bertz CT molecular complexity index is 791. The maximum Gasteiger partial charge on any atom is 0.157 e. The summed E-state index contributed by atoms with van der Waals surface area (Å²) in [5.41, 5.74) is 2.37. The van der Waals surface area contributed by atoms with E-state index in [1.807, 2.05) is 20.0 Å². The molecule has 0 bridgehead atoms. The lowest BCUT2D eigenvalue weighted by atomic mass is 10.2. The van der Waals surface area contributed by atoms with Crippen molar-refractivity contribution >= 4 is 16.7 Å². The SMILES string of the molecule is Cc1nn(C)c2ncc(CNc3c(F)cccc3F)cc12. The summed E-state index contributed by atoms with van der Waals surface area (Å²) < 4.78 is 28.8. The minimum atomic E-state index is -0.610. The largest absolute Gasteiger partial charge is 0.376 e. The Balaban J connectivity index is 1.87. The predicted octanol–water partition coefficient (Wildman–Crippen LogP) is 3.17. The molecule has 2 aromatic heterocycles. The van der Waals surface area contributed by atoms with E-state index in [0.717, 1.165) is 22.3 Å². The number of halogens is 2. The summed E-state index contributed by atoms with van der Waals surface area (Å²) in [7, 11) is 1.83. The first kappa shape index (κ1) is 13.5. The molecule has 0 aliphatic rings. The normalized spacial score (nSPS) is 11.0. The third-order valence-corrected chi connectivity index (χ3v) is 3.35. The van der Waals surface area contributed by atoms with Crippen molar-refractivity contribution in [1.82, 2.24) is 14.8 Å². The average molecular weight is 288 g/mol. The number of hydrogen-bond acceptors (Lipinski definition) is 3. The average Bonchev–Trinajstić information content (AvgIpc) is 2.73. The Morgan fingerprint density at radius 2 is 1.95 bits per heavy atom. The number of pyridine rings is 1. The van der Waals surface area contributed by atoms with Gasteiger partial charge in [-0.25, -0.2) is 13.8 Å². The molecule has 4 nitrogen and oxygen atoms in total. The number of hydrogen-bond donors (Lipinski definition) is 1. The van der Waals surface area contributed by atoms with Gasteiger partial charge in [0, 0.05) is 25.2 Å². The first-order valence-corrected chi connectivity index (χ1v) is 6.52. The van der Waals surface area contributed by atoms with Gasteiger partial charge in [-0.1, -0.05) is 6.07 Å². The number of nitrogens with zero attached hydrogens (tertiary/aromatic N) is 3. The molecule has 0 radical (unpaired) electrons. The first-order valence-electron chi connectivity index (χ1n) is 6.52. The zero-order chi connectivity index (χ0) is 15.0. The molecule has 0 spiro atoms. The molecule has 0 unspecified atom stereocenters. The van der Waals surface area contributed by atoms with E-state index in [1.165, 1.54) is 18.2 Å². The highest BCUT2D eigenvalue weighted by molar-refractivity contribution is 5.78. The van der Waals surface area contributed by atoms with Crippen molar-refractivity contribution in [2.75, 3.05) is 5.32 Å². The molecule has 0 saturated carbocycles. The fraction of sp³-hybridized carbons (Fsp3) is 0.200. The van der Waals surface area contributed by atoms with Crippen LogP contribution in [0.2, 0.25) is 0 Å². The molecule has 21 heavy (non-hydrogen) atoms. The molecular weight excluding hydrogens is 274 g/mol. The van der Waals surface area contributed by atoms with Gasteiger partial charge in [0.15, 0.2) is 5.65 Å². The molecule has 108 valence electrons. The maximum atomic E-state index is 13.5. The minimum Gasteiger partial charge on any atom is -0.376 e. The third-order valence-electron chi connectivity index (χ3n) is 3.35. The summed E-state index contributed by atoms with van der Waals surface area (Å²) in [6.07, 6.45) is 1.68. The van der Waals surface area contributed by atoms with Crippen LogP contribution in [-0.4, -0.2) is 14.8 Å². The van der Waals surface area contributed by atoms with Crippen LogP contribution in [0.25, 0.3) is 11.0 Å². The number of fused-ring (bicyclic) bond motifs is 1. The molecule has 0 fully saturated rings. The highest BCUT2D eigenvalue weighted by Crippen LogP contribution is 2.20. The Kier molecular flexibility index (Phi) is 3.29. The van der Waals surface area contributed by atoms with Gasteiger partial charge in [0.1, 0.15) is 17.3 Å². The van der Waals surface area contributed by atoms with Crippen molar-refractivity contribution in [2.24, 2.45) is 7.05 Å². The highest BCUT2D eigenvalue weighted by atomic mass is 19.1. The monoisotopic (exact) mass is 288 g/mol. The van der Waals surface area contributed by atoms with E-state index in [-0.39, 0.29) is 12.2 Å². The van der Waals surface area contributed by atoms with Crippen LogP contribution in [0.5, 0.6) is 0 Å². The van der Waals surface area contributed by atoms with Gasteiger partial charge < -0.3 is 5.32 Å². The second-order valence-electron chi connectivity index (χ2n) is 4.87. The summed E-state index contributed by atoms with van der Waals surface area (Å²) in [5, 5.41) is 8.00. The van der Waals surface area contributed by atoms with Crippen LogP contribution < -0.4 is 5.32 Å². The fourth-order valence-electron chi connectivity index (χ4n) is 2.30. The summed E-state index contributed by atoms with van der Waals surface area (Å²) >= 11 is 0. The van der Waals surface area contributed by atoms with Crippen molar-refractivity contribution in [1.29, 1.82) is 0 Å². The number of benzene rings is 1. The third kappa shape index (κ3) is 2.44. The number of rotatable bonds is 3. The lowest BCUT2D eigenvalue weighted by Crippen LogP contribution is -2.04. The first-order chi connectivity index (χ1) is 10.1. The number of anilines is 1.